The molecule has 3 atom stereocenters. The summed E-state index contributed by atoms with van der Waals surface area (Å²) in [6.45, 7) is 4.12. The number of aliphatic hydroxyl groups excluding tert-OH is 1. The Morgan fingerprint density at radius 1 is 1.27 bits per heavy atom. The minimum atomic E-state index is -0.750. The largest absolute Gasteiger partial charge is 0.491 e. The summed E-state index contributed by atoms with van der Waals surface area (Å²) in [6, 6.07) is 15.5. The molecule has 5 heteroatoms. The van der Waals surface area contributed by atoms with Gasteiger partial charge in [-0.15, -0.1) is 0 Å². The van der Waals surface area contributed by atoms with E-state index >= 15 is 0 Å². The van der Waals surface area contributed by atoms with Gasteiger partial charge in [-0.05, 0) is 61.6 Å². The fourth-order valence-corrected chi connectivity index (χ4v) is 3.34. The van der Waals surface area contributed by atoms with Crippen LogP contribution in [0, 0.1) is 5.92 Å². The third kappa shape index (κ3) is 4.86. The zero-order valence-corrected chi connectivity index (χ0v) is 16.6. The lowest BCUT2D eigenvalue weighted by Crippen LogP contribution is -2.30. The Morgan fingerprint density at radius 2 is 2.00 bits per heavy atom. The van der Waals surface area contributed by atoms with Gasteiger partial charge in [-0.1, -0.05) is 40.2 Å². The van der Waals surface area contributed by atoms with E-state index in [0.717, 1.165) is 22.2 Å². The molecule has 1 amide bonds. The van der Waals surface area contributed by atoms with Crippen molar-refractivity contribution in [2.75, 3.05) is 6.54 Å². The minimum Gasteiger partial charge on any atom is -0.491 e. The van der Waals surface area contributed by atoms with Crippen molar-refractivity contribution in [3.05, 3.63) is 64.1 Å². The molecular formula is C21H24BrNO3. The van der Waals surface area contributed by atoms with Crippen molar-refractivity contribution < 1.29 is 14.6 Å². The summed E-state index contributed by atoms with van der Waals surface area (Å²) in [5.41, 5.74) is 1.93. The number of amides is 1. The molecule has 0 aromatic heterocycles. The molecule has 2 aromatic rings. The van der Waals surface area contributed by atoms with Crippen molar-refractivity contribution in [1.82, 2.24) is 5.32 Å². The van der Waals surface area contributed by atoms with Gasteiger partial charge >= 0.3 is 0 Å². The maximum atomic E-state index is 12.3. The van der Waals surface area contributed by atoms with Crippen LogP contribution in [0.2, 0.25) is 0 Å². The number of ether oxygens (including phenoxy) is 1. The Balaban J connectivity index is 1.51. The second-order valence-electron chi connectivity index (χ2n) is 7.00. The first-order valence-corrected chi connectivity index (χ1v) is 9.71. The highest BCUT2D eigenvalue weighted by molar-refractivity contribution is 9.10. The lowest BCUT2D eigenvalue weighted by atomic mass is 10.1. The Bertz CT molecular complexity index is 760. The molecule has 4 nitrogen and oxygen atoms in total. The van der Waals surface area contributed by atoms with Gasteiger partial charge in [0.05, 0.1) is 12.2 Å². The van der Waals surface area contributed by atoms with Crippen LogP contribution in [0.25, 0.3) is 0 Å². The third-order valence-electron chi connectivity index (χ3n) is 4.51. The highest BCUT2D eigenvalue weighted by Crippen LogP contribution is 2.47. The van der Waals surface area contributed by atoms with E-state index in [1.54, 1.807) is 0 Å². The first kappa shape index (κ1) is 18.9. The standard InChI is InChI=1S/C21H24BrNO3/c1-13(2)26-17-5-3-4-15(10-17)20(24)12-23-21(25)19-11-18(19)14-6-8-16(22)9-7-14/h3-10,13,18-20,24H,11-12H2,1-2H3,(H,23,25). The maximum absolute atomic E-state index is 12.3. The first-order chi connectivity index (χ1) is 12.4. The second kappa shape index (κ2) is 8.23. The van der Waals surface area contributed by atoms with Gasteiger partial charge in [-0.25, -0.2) is 0 Å². The normalized spacial score (nSPS) is 19.9. The van der Waals surface area contributed by atoms with Crippen molar-refractivity contribution in [1.29, 1.82) is 0 Å². The van der Waals surface area contributed by atoms with E-state index in [-0.39, 0.29) is 30.4 Å². The zero-order valence-electron chi connectivity index (χ0n) is 15.0. The Morgan fingerprint density at radius 3 is 2.69 bits per heavy atom. The van der Waals surface area contributed by atoms with Crippen molar-refractivity contribution >= 4 is 21.8 Å². The van der Waals surface area contributed by atoms with Gasteiger partial charge in [0.2, 0.25) is 5.91 Å². The van der Waals surface area contributed by atoms with E-state index in [2.05, 4.69) is 33.4 Å². The van der Waals surface area contributed by atoms with Gasteiger partial charge < -0.3 is 15.2 Å². The molecule has 0 spiro atoms. The molecule has 1 saturated carbocycles. The number of benzene rings is 2. The smallest absolute Gasteiger partial charge is 0.223 e. The van der Waals surface area contributed by atoms with Crippen LogP contribution in [-0.4, -0.2) is 23.7 Å². The number of carbonyl (C=O) groups is 1. The van der Waals surface area contributed by atoms with Crippen LogP contribution in [0.4, 0.5) is 0 Å². The van der Waals surface area contributed by atoms with Crippen molar-refractivity contribution in [2.45, 2.75) is 38.4 Å². The number of aliphatic hydroxyl groups is 1. The summed E-state index contributed by atoms with van der Waals surface area (Å²) < 4.78 is 6.69. The van der Waals surface area contributed by atoms with Gasteiger partial charge in [0.25, 0.3) is 0 Å². The van der Waals surface area contributed by atoms with Gasteiger partial charge in [-0.2, -0.15) is 0 Å². The quantitative estimate of drug-likeness (QED) is 0.709. The van der Waals surface area contributed by atoms with Gasteiger partial charge in [-0.3, -0.25) is 4.79 Å². The molecule has 1 aliphatic rings. The van der Waals surface area contributed by atoms with Crippen LogP contribution in [0.1, 0.15) is 43.4 Å². The molecule has 26 heavy (non-hydrogen) atoms. The molecule has 0 saturated heterocycles. The molecule has 1 fully saturated rings. The lowest BCUT2D eigenvalue weighted by molar-refractivity contribution is -0.122. The SMILES string of the molecule is CC(C)Oc1cccc(C(O)CNC(=O)C2CC2c2ccc(Br)cc2)c1. The Kier molecular flexibility index (Phi) is 5.99. The van der Waals surface area contributed by atoms with E-state index in [1.165, 1.54) is 5.56 Å². The van der Waals surface area contributed by atoms with Gasteiger partial charge in [0.15, 0.2) is 0 Å². The summed E-state index contributed by atoms with van der Waals surface area (Å²) in [6.07, 6.45) is 0.188. The monoisotopic (exact) mass is 417 g/mol. The van der Waals surface area contributed by atoms with Crippen LogP contribution in [0.15, 0.2) is 53.0 Å². The zero-order chi connectivity index (χ0) is 18.7. The van der Waals surface area contributed by atoms with Crippen LogP contribution < -0.4 is 10.1 Å². The first-order valence-electron chi connectivity index (χ1n) is 8.92. The summed E-state index contributed by atoms with van der Waals surface area (Å²) in [7, 11) is 0. The third-order valence-corrected chi connectivity index (χ3v) is 5.04. The van der Waals surface area contributed by atoms with Crippen LogP contribution in [0.3, 0.4) is 0 Å². The minimum absolute atomic E-state index is 0.000941. The molecule has 0 bridgehead atoms. The maximum Gasteiger partial charge on any atom is 0.223 e. The van der Waals surface area contributed by atoms with Crippen LogP contribution in [0.5, 0.6) is 5.75 Å². The molecule has 3 rings (SSSR count). The Labute approximate surface area is 162 Å². The fraction of sp³-hybridized carbons (Fsp3) is 0.381. The Hall–Kier alpha value is -1.85. The number of hydrogen-bond acceptors (Lipinski definition) is 3. The average molecular weight is 418 g/mol. The molecule has 0 aliphatic heterocycles. The van der Waals surface area contributed by atoms with Crippen molar-refractivity contribution in [2.24, 2.45) is 5.92 Å². The molecule has 138 valence electrons. The summed E-state index contributed by atoms with van der Waals surface area (Å²) in [4.78, 5) is 12.3. The van der Waals surface area contributed by atoms with Gasteiger partial charge in [0.1, 0.15) is 5.75 Å². The van der Waals surface area contributed by atoms with Crippen LogP contribution in [-0.2, 0) is 4.79 Å². The summed E-state index contributed by atoms with van der Waals surface area (Å²) in [5.74, 6) is 1.01. The molecular weight excluding hydrogens is 394 g/mol. The average Bonchev–Trinajstić information content (AvgIpc) is 3.40. The van der Waals surface area contributed by atoms with Crippen LogP contribution >= 0.6 is 15.9 Å². The fourth-order valence-electron chi connectivity index (χ4n) is 3.08. The predicted octanol–water partition coefficient (Wildman–Crippen LogP) is 4.19. The molecule has 2 N–H and O–H groups in total. The number of halogens is 1. The topological polar surface area (TPSA) is 58.6 Å². The highest BCUT2D eigenvalue weighted by Gasteiger charge is 2.43. The van der Waals surface area contributed by atoms with E-state index in [0.29, 0.717) is 0 Å². The van der Waals surface area contributed by atoms with E-state index < -0.39 is 6.10 Å². The predicted molar refractivity (Wildman–Crippen MR) is 105 cm³/mol. The summed E-state index contributed by atoms with van der Waals surface area (Å²) in [5, 5.41) is 13.2. The molecule has 1 aliphatic carbocycles. The lowest BCUT2D eigenvalue weighted by Gasteiger charge is -2.15. The molecule has 0 heterocycles. The van der Waals surface area contributed by atoms with E-state index in [4.69, 9.17) is 4.74 Å². The summed E-state index contributed by atoms with van der Waals surface area (Å²) >= 11 is 3.42. The highest BCUT2D eigenvalue weighted by atomic mass is 79.9. The number of hydrogen-bond donors (Lipinski definition) is 2. The molecule has 0 radical (unpaired) electrons. The van der Waals surface area contributed by atoms with E-state index in [9.17, 15) is 9.90 Å². The van der Waals surface area contributed by atoms with E-state index in [1.807, 2.05) is 50.2 Å². The molecule has 2 aromatic carbocycles. The van der Waals surface area contributed by atoms with Gasteiger partial charge in [0, 0.05) is 16.9 Å². The molecule has 3 unspecified atom stereocenters. The van der Waals surface area contributed by atoms with Crippen molar-refractivity contribution in [3.8, 4) is 5.75 Å². The number of carbonyl (C=O) groups excluding carboxylic acids is 1. The van der Waals surface area contributed by atoms with Crippen molar-refractivity contribution in [3.63, 3.8) is 0 Å². The number of nitrogens with one attached hydrogen (secondary N) is 1. The second-order valence-corrected chi connectivity index (χ2v) is 7.92. The number of rotatable bonds is 7.